The summed E-state index contributed by atoms with van der Waals surface area (Å²) in [6.45, 7) is 4.03. The molecule has 0 amide bonds. The third-order valence-corrected chi connectivity index (χ3v) is 4.94. The van der Waals surface area contributed by atoms with Gasteiger partial charge in [0.1, 0.15) is 0 Å². The summed E-state index contributed by atoms with van der Waals surface area (Å²) in [7, 11) is 1.56. The van der Waals surface area contributed by atoms with Crippen molar-refractivity contribution in [2.24, 2.45) is 0 Å². The molecular weight excluding hydrogens is 368 g/mol. The number of hydrogen-bond donors (Lipinski definition) is 0. The van der Waals surface area contributed by atoms with Gasteiger partial charge in [0.15, 0.2) is 17.6 Å². The number of aryl methyl sites for hydroxylation is 2. The number of carbonyl (C=O) groups excluding carboxylic acids is 2. The first-order valence-corrected chi connectivity index (χ1v) is 9.87. The van der Waals surface area contributed by atoms with E-state index in [1.807, 2.05) is 31.2 Å². The molecule has 0 radical (unpaired) electrons. The minimum absolute atomic E-state index is 0.191. The van der Waals surface area contributed by atoms with Crippen LogP contribution in [-0.4, -0.2) is 31.6 Å². The van der Waals surface area contributed by atoms with Gasteiger partial charge >= 0.3 is 5.97 Å². The van der Waals surface area contributed by atoms with Crippen LogP contribution in [0.2, 0.25) is 0 Å². The fraction of sp³-hybridized carbons (Fsp3) is 0.333. The second-order valence-electron chi connectivity index (χ2n) is 6.96. The molecule has 152 valence electrons. The topological polar surface area (TPSA) is 61.8 Å². The van der Waals surface area contributed by atoms with Crippen LogP contribution in [0.4, 0.5) is 0 Å². The van der Waals surface area contributed by atoms with Crippen molar-refractivity contribution in [1.29, 1.82) is 0 Å². The quantitative estimate of drug-likeness (QED) is 0.377. The number of fused-ring (bicyclic) bond motifs is 1. The molecule has 0 heterocycles. The minimum atomic E-state index is -0.846. The summed E-state index contributed by atoms with van der Waals surface area (Å²) in [5, 5.41) is 0. The average Bonchev–Trinajstić information content (AvgIpc) is 3.20. The molecule has 0 saturated carbocycles. The predicted molar refractivity (Wildman–Crippen MR) is 112 cm³/mol. The van der Waals surface area contributed by atoms with Gasteiger partial charge in [0.05, 0.1) is 13.7 Å². The first-order chi connectivity index (χ1) is 14.0. The Hall–Kier alpha value is -3.08. The number of esters is 1. The molecule has 0 spiro atoms. The molecule has 0 saturated heterocycles. The van der Waals surface area contributed by atoms with Gasteiger partial charge in [-0.15, -0.1) is 0 Å². The molecular formula is C24H26O5. The third kappa shape index (κ3) is 5.05. The molecule has 5 nitrogen and oxygen atoms in total. The molecule has 0 unspecified atom stereocenters. The van der Waals surface area contributed by atoms with E-state index in [9.17, 15) is 9.59 Å². The van der Waals surface area contributed by atoms with Crippen molar-refractivity contribution >= 4 is 17.8 Å². The van der Waals surface area contributed by atoms with E-state index in [-0.39, 0.29) is 5.78 Å². The van der Waals surface area contributed by atoms with Crippen molar-refractivity contribution in [1.82, 2.24) is 0 Å². The molecule has 3 rings (SSSR count). The molecule has 0 aliphatic heterocycles. The van der Waals surface area contributed by atoms with Crippen LogP contribution in [0.5, 0.6) is 11.5 Å². The Morgan fingerprint density at radius 3 is 2.62 bits per heavy atom. The number of benzene rings is 2. The van der Waals surface area contributed by atoms with Crippen LogP contribution in [0.25, 0.3) is 6.08 Å². The van der Waals surface area contributed by atoms with E-state index >= 15 is 0 Å². The molecule has 0 aromatic heterocycles. The van der Waals surface area contributed by atoms with Crippen LogP contribution >= 0.6 is 0 Å². The third-order valence-electron chi connectivity index (χ3n) is 4.94. The number of ether oxygens (including phenoxy) is 3. The number of rotatable bonds is 8. The van der Waals surface area contributed by atoms with Crippen molar-refractivity contribution < 1.29 is 23.8 Å². The highest BCUT2D eigenvalue weighted by molar-refractivity contribution is 6.01. The van der Waals surface area contributed by atoms with Crippen molar-refractivity contribution in [3.05, 3.63) is 64.7 Å². The highest BCUT2D eigenvalue weighted by atomic mass is 16.5. The van der Waals surface area contributed by atoms with Crippen LogP contribution in [0.15, 0.2) is 42.5 Å². The lowest BCUT2D eigenvalue weighted by atomic mass is 10.0. The Morgan fingerprint density at radius 1 is 1.07 bits per heavy atom. The Labute approximate surface area is 171 Å². The van der Waals surface area contributed by atoms with Gasteiger partial charge in [-0.25, -0.2) is 4.79 Å². The Kier molecular flexibility index (Phi) is 6.70. The van der Waals surface area contributed by atoms with E-state index in [4.69, 9.17) is 14.2 Å². The summed E-state index contributed by atoms with van der Waals surface area (Å²) in [4.78, 5) is 24.8. The van der Waals surface area contributed by atoms with Gasteiger partial charge in [0.25, 0.3) is 0 Å². The first-order valence-electron chi connectivity index (χ1n) is 9.87. The van der Waals surface area contributed by atoms with Crippen LogP contribution in [0.3, 0.4) is 0 Å². The van der Waals surface area contributed by atoms with Crippen molar-refractivity contribution in [3.8, 4) is 11.5 Å². The number of Topliss-reactive ketones (excluding diaryl/α,β-unsaturated/α-hetero) is 1. The predicted octanol–water partition coefficient (Wildman–Crippen LogP) is 4.41. The van der Waals surface area contributed by atoms with Crippen molar-refractivity contribution in [2.75, 3.05) is 13.7 Å². The van der Waals surface area contributed by atoms with Crippen LogP contribution < -0.4 is 9.47 Å². The zero-order chi connectivity index (χ0) is 20.8. The van der Waals surface area contributed by atoms with Gasteiger partial charge in [-0.05, 0) is 74.1 Å². The van der Waals surface area contributed by atoms with E-state index in [0.29, 0.717) is 23.7 Å². The summed E-state index contributed by atoms with van der Waals surface area (Å²) in [6, 6.07) is 11.1. The largest absolute Gasteiger partial charge is 0.493 e. The highest BCUT2D eigenvalue weighted by Gasteiger charge is 2.20. The van der Waals surface area contributed by atoms with Gasteiger partial charge in [-0.1, -0.05) is 18.2 Å². The van der Waals surface area contributed by atoms with Gasteiger partial charge in [-0.3, -0.25) is 4.79 Å². The Morgan fingerprint density at radius 2 is 1.86 bits per heavy atom. The highest BCUT2D eigenvalue weighted by Crippen LogP contribution is 2.28. The standard InChI is InChI=1S/C24H26O5/c1-4-28-21-12-8-17(14-22(21)27-3)9-13-23(25)29-16(2)24(26)20-11-10-18-6-5-7-19(18)15-20/h8-16H,4-7H2,1-3H3/b13-9+/t16-/m0/s1. The lowest BCUT2D eigenvalue weighted by Gasteiger charge is -2.12. The molecule has 1 aliphatic carbocycles. The second kappa shape index (κ2) is 9.41. The van der Waals surface area contributed by atoms with Gasteiger partial charge in [-0.2, -0.15) is 0 Å². The van der Waals surface area contributed by atoms with Gasteiger partial charge in [0.2, 0.25) is 5.78 Å². The monoisotopic (exact) mass is 394 g/mol. The maximum atomic E-state index is 12.6. The first kappa shape index (κ1) is 20.6. The summed E-state index contributed by atoms with van der Waals surface area (Å²) in [6.07, 6.45) is 5.27. The molecule has 2 aromatic rings. The number of carbonyl (C=O) groups is 2. The van der Waals surface area contributed by atoms with Crippen LogP contribution in [0, 0.1) is 0 Å². The summed E-state index contributed by atoms with van der Waals surface area (Å²) in [5.74, 6) is 0.467. The van der Waals surface area contributed by atoms with E-state index < -0.39 is 12.1 Å². The lowest BCUT2D eigenvalue weighted by Crippen LogP contribution is -2.23. The van der Waals surface area contributed by atoms with Gasteiger partial charge in [0, 0.05) is 11.6 Å². The van der Waals surface area contributed by atoms with Gasteiger partial charge < -0.3 is 14.2 Å². The summed E-state index contributed by atoms with van der Waals surface area (Å²) in [5.41, 5.74) is 3.88. The minimum Gasteiger partial charge on any atom is -0.493 e. The smallest absolute Gasteiger partial charge is 0.331 e. The fourth-order valence-corrected chi connectivity index (χ4v) is 3.45. The maximum Gasteiger partial charge on any atom is 0.331 e. The van der Waals surface area contributed by atoms with E-state index in [2.05, 4.69) is 0 Å². The van der Waals surface area contributed by atoms with E-state index in [0.717, 1.165) is 24.8 Å². The molecule has 1 aliphatic rings. The SMILES string of the molecule is CCOc1ccc(/C=C/C(=O)O[C@@H](C)C(=O)c2ccc3c(c2)CCC3)cc1OC. The molecule has 29 heavy (non-hydrogen) atoms. The lowest BCUT2D eigenvalue weighted by molar-refractivity contribution is -0.140. The van der Waals surface area contributed by atoms with E-state index in [1.54, 1.807) is 32.2 Å². The molecule has 0 bridgehead atoms. The Balaban J connectivity index is 1.61. The Bertz CT molecular complexity index is 929. The number of ketones is 1. The zero-order valence-corrected chi connectivity index (χ0v) is 17.1. The molecule has 5 heteroatoms. The van der Waals surface area contributed by atoms with Crippen molar-refractivity contribution in [3.63, 3.8) is 0 Å². The van der Waals surface area contributed by atoms with Crippen LogP contribution in [0.1, 0.15) is 47.3 Å². The normalized spacial score (nSPS) is 13.8. The summed E-state index contributed by atoms with van der Waals surface area (Å²) < 4.78 is 16.1. The number of hydrogen-bond acceptors (Lipinski definition) is 5. The fourth-order valence-electron chi connectivity index (χ4n) is 3.45. The molecule has 1 atom stereocenters. The van der Waals surface area contributed by atoms with Crippen LogP contribution in [-0.2, 0) is 22.4 Å². The average molecular weight is 394 g/mol. The van der Waals surface area contributed by atoms with E-state index in [1.165, 1.54) is 17.2 Å². The molecule has 0 N–H and O–H groups in total. The number of methoxy groups -OCH3 is 1. The summed E-state index contributed by atoms with van der Waals surface area (Å²) >= 11 is 0. The molecule has 0 fully saturated rings. The molecule has 2 aromatic carbocycles. The van der Waals surface area contributed by atoms with Crippen molar-refractivity contribution in [2.45, 2.75) is 39.2 Å². The zero-order valence-electron chi connectivity index (χ0n) is 17.1. The maximum absolute atomic E-state index is 12.6. The second-order valence-corrected chi connectivity index (χ2v) is 6.96.